The number of carbonyl (C=O) groups excluding carboxylic acids is 1. The zero-order valence-electron chi connectivity index (χ0n) is 13.1. The second-order valence-electron chi connectivity index (χ2n) is 5.08. The fourth-order valence-electron chi connectivity index (χ4n) is 1.83. The molecule has 0 radical (unpaired) electrons. The first-order valence-corrected chi connectivity index (χ1v) is 7.46. The van der Waals surface area contributed by atoms with Crippen LogP contribution in [0.5, 0.6) is 0 Å². The smallest absolute Gasteiger partial charge is 0.338 e. The van der Waals surface area contributed by atoms with Crippen LogP contribution in [0.4, 0.5) is 11.4 Å². The molecule has 1 aromatic rings. The minimum atomic E-state index is -0.346. The summed E-state index contributed by atoms with van der Waals surface area (Å²) in [6.07, 6.45) is 2.29. The Morgan fingerprint density at radius 3 is 2.71 bits per heavy atom. The third-order valence-electron chi connectivity index (χ3n) is 2.90. The topological polar surface area (TPSA) is 73.6 Å². The maximum absolute atomic E-state index is 11.6. The van der Waals surface area contributed by atoms with Crippen molar-refractivity contribution in [2.75, 3.05) is 30.8 Å². The van der Waals surface area contributed by atoms with E-state index in [1.165, 1.54) is 0 Å². The molecule has 0 saturated carbocycles. The Labute approximate surface area is 126 Å². The van der Waals surface area contributed by atoms with Gasteiger partial charge in [0.2, 0.25) is 0 Å². The summed E-state index contributed by atoms with van der Waals surface area (Å²) < 4.78 is 10.4. The van der Waals surface area contributed by atoms with Gasteiger partial charge in [-0.15, -0.1) is 0 Å². The monoisotopic (exact) mass is 294 g/mol. The lowest BCUT2D eigenvalue weighted by molar-refractivity contribution is 0.0526. The summed E-state index contributed by atoms with van der Waals surface area (Å²) in [6, 6.07) is 5.17. The van der Waals surface area contributed by atoms with Crippen LogP contribution < -0.4 is 11.1 Å². The van der Waals surface area contributed by atoms with E-state index in [1.807, 2.05) is 19.9 Å². The van der Waals surface area contributed by atoms with E-state index in [0.29, 0.717) is 17.9 Å². The lowest BCUT2D eigenvalue weighted by Crippen LogP contribution is -2.09. The maximum atomic E-state index is 11.6. The summed E-state index contributed by atoms with van der Waals surface area (Å²) in [5, 5.41) is 3.27. The summed E-state index contributed by atoms with van der Waals surface area (Å²) in [5.41, 5.74) is 7.81. The molecule has 3 N–H and O–H groups in total. The predicted molar refractivity (Wildman–Crippen MR) is 85.6 cm³/mol. The summed E-state index contributed by atoms with van der Waals surface area (Å²) >= 11 is 0. The van der Waals surface area contributed by atoms with Crippen LogP contribution in [-0.4, -0.2) is 31.8 Å². The van der Waals surface area contributed by atoms with Gasteiger partial charge in [-0.3, -0.25) is 0 Å². The second kappa shape index (κ2) is 9.23. The Kier molecular flexibility index (Phi) is 7.61. The van der Waals surface area contributed by atoms with Crippen molar-refractivity contribution in [2.45, 2.75) is 39.7 Å². The molecule has 0 amide bonds. The highest BCUT2D eigenvalue weighted by Gasteiger charge is 2.08. The molecule has 1 aromatic carbocycles. The largest absolute Gasteiger partial charge is 0.462 e. The second-order valence-corrected chi connectivity index (χ2v) is 5.08. The zero-order valence-corrected chi connectivity index (χ0v) is 13.1. The number of rotatable bonds is 9. The molecule has 0 saturated heterocycles. The van der Waals surface area contributed by atoms with Gasteiger partial charge in [-0.05, 0) is 51.8 Å². The van der Waals surface area contributed by atoms with Gasteiger partial charge in [-0.2, -0.15) is 0 Å². The van der Waals surface area contributed by atoms with E-state index in [-0.39, 0.29) is 12.1 Å². The Morgan fingerprint density at radius 2 is 2.10 bits per heavy atom. The molecule has 0 aliphatic carbocycles. The summed E-state index contributed by atoms with van der Waals surface area (Å²) in [5.74, 6) is -0.346. The van der Waals surface area contributed by atoms with Gasteiger partial charge in [0.15, 0.2) is 0 Å². The fraction of sp³-hybridized carbons (Fsp3) is 0.562. The van der Waals surface area contributed by atoms with Crippen molar-refractivity contribution < 1.29 is 14.3 Å². The molecule has 5 heteroatoms. The van der Waals surface area contributed by atoms with Crippen LogP contribution in [0.25, 0.3) is 0 Å². The highest BCUT2D eigenvalue weighted by atomic mass is 16.5. The number of nitrogen functional groups attached to an aromatic ring is 1. The summed E-state index contributed by atoms with van der Waals surface area (Å²) in [7, 11) is 0. The number of unbranched alkanes of at least 4 members (excludes halogenated alkanes) is 1. The quantitative estimate of drug-likeness (QED) is 0.416. The Hall–Kier alpha value is -1.75. The standard InChI is InChI=1S/C16H26N2O3/c1-4-20-16(19)13-7-8-15(14(17)11-13)18-9-5-6-10-21-12(2)3/h7-8,11-12,18H,4-6,9-10,17H2,1-3H3. The summed E-state index contributed by atoms with van der Waals surface area (Å²) in [6.45, 7) is 7.80. The number of anilines is 2. The van der Waals surface area contributed by atoms with Gasteiger partial charge in [-0.25, -0.2) is 4.79 Å². The van der Waals surface area contributed by atoms with Crippen molar-refractivity contribution in [3.63, 3.8) is 0 Å². The molecule has 0 heterocycles. The minimum Gasteiger partial charge on any atom is -0.462 e. The van der Waals surface area contributed by atoms with Gasteiger partial charge in [0, 0.05) is 13.2 Å². The van der Waals surface area contributed by atoms with E-state index in [0.717, 1.165) is 31.7 Å². The van der Waals surface area contributed by atoms with Gasteiger partial charge in [0.05, 0.1) is 29.6 Å². The lowest BCUT2D eigenvalue weighted by atomic mass is 10.1. The van der Waals surface area contributed by atoms with Crippen molar-refractivity contribution in [3.8, 4) is 0 Å². The number of nitrogens with two attached hydrogens (primary N) is 1. The molecule has 0 bridgehead atoms. The van der Waals surface area contributed by atoms with Crippen LogP contribution in [0.3, 0.4) is 0 Å². The van der Waals surface area contributed by atoms with Gasteiger partial charge >= 0.3 is 5.97 Å². The molecule has 5 nitrogen and oxygen atoms in total. The maximum Gasteiger partial charge on any atom is 0.338 e. The SMILES string of the molecule is CCOC(=O)c1ccc(NCCCCOC(C)C)c(N)c1. The first-order chi connectivity index (χ1) is 10.0. The minimum absolute atomic E-state index is 0.282. The van der Waals surface area contributed by atoms with Gasteiger partial charge in [-0.1, -0.05) is 0 Å². The van der Waals surface area contributed by atoms with Crippen molar-refractivity contribution in [3.05, 3.63) is 23.8 Å². The molecular weight excluding hydrogens is 268 g/mol. The van der Waals surface area contributed by atoms with Crippen molar-refractivity contribution in [1.29, 1.82) is 0 Å². The van der Waals surface area contributed by atoms with Crippen LogP contribution in [0, 0.1) is 0 Å². The number of benzene rings is 1. The molecule has 0 atom stereocenters. The van der Waals surface area contributed by atoms with Crippen LogP contribution in [0.1, 0.15) is 44.0 Å². The molecule has 0 aromatic heterocycles. The average Bonchev–Trinajstić information content (AvgIpc) is 2.44. The van der Waals surface area contributed by atoms with E-state index in [1.54, 1.807) is 19.1 Å². The van der Waals surface area contributed by atoms with Crippen LogP contribution in [-0.2, 0) is 9.47 Å². The molecule has 0 aliphatic heterocycles. The first-order valence-electron chi connectivity index (χ1n) is 7.46. The van der Waals surface area contributed by atoms with E-state index >= 15 is 0 Å². The van der Waals surface area contributed by atoms with Gasteiger partial charge < -0.3 is 20.5 Å². The van der Waals surface area contributed by atoms with Crippen molar-refractivity contribution in [2.24, 2.45) is 0 Å². The number of carbonyl (C=O) groups is 1. The fourth-order valence-corrected chi connectivity index (χ4v) is 1.83. The third kappa shape index (κ3) is 6.49. The predicted octanol–water partition coefficient (Wildman–Crippen LogP) is 3.06. The van der Waals surface area contributed by atoms with E-state index in [9.17, 15) is 4.79 Å². The molecular formula is C16H26N2O3. The molecule has 0 aliphatic rings. The van der Waals surface area contributed by atoms with Crippen LogP contribution >= 0.6 is 0 Å². The molecule has 1 rings (SSSR count). The lowest BCUT2D eigenvalue weighted by Gasteiger charge is -2.11. The number of hydrogen-bond acceptors (Lipinski definition) is 5. The highest BCUT2D eigenvalue weighted by Crippen LogP contribution is 2.20. The molecule has 21 heavy (non-hydrogen) atoms. The normalized spacial score (nSPS) is 10.7. The molecule has 0 fully saturated rings. The molecule has 0 spiro atoms. The summed E-state index contributed by atoms with van der Waals surface area (Å²) in [4.78, 5) is 11.6. The average molecular weight is 294 g/mol. The Bertz CT molecular complexity index is 447. The Balaban J connectivity index is 2.37. The number of hydrogen-bond donors (Lipinski definition) is 2. The van der Waals surface area contributed by atoms with E-state index in [4.69, 9.17) is 15.2 Å². The van der Waals surface area contributed by atoms with E-state index < -0.39 is 0 Å². The molecule has 118 valence electrons. The third-order valence-corrected chi connectivity index (χ3v) is 2.90. The Morgan fingerprint density at radius 1 is 1.33 bits per heavy atom. The van der Waals surface area contributed by atoms with Gasteiger partial charge in [0.25, 0.3) is 0 Å². The van der Waals surface area contributed by atoms with Crippen molar-refractivity contribution in [1.82, 2.24) is 0 Å². The van der Waals surface area contributed by atoms with E-state index in [2.05, 4.69) is 5.32 Å². The highest BCUT2D eigenvalue weighted by molar-refractivity contribution is 5.91. The number of nitrogens with one attached hydrogen (secondary N) is 1. The van der Waals surface area contributed by atoms with Crippen LogP contribution in [0.2, 0.25) is 0 Å². The van der Waals surface area contributed by atoms with Crippen LogP contribution in [0.15, 0.2) is 18.2 Å². The number of ether oxygens (including phenoxy) is 2. The first kappa shape index (κ1) is 17.3. The van der Waals surface area contributed by atoms with Gasteiger partial charge in [0.1, 0.15) is 0 Å². The van der Waals surface area contributed by atoms with Crippen molar-refractivity contribution >= 4 is 17.3 Å². The molecule has 0 unspecified atom stereocenters. The number of esters is 1. The zero-order chi connectivity index (χ0) is 15.7.